The molecule has 0 spiro atoms. The highest BCUT2D eigenvalue weighted by Crippen LogP contribution is 2.26. The zero-order valence-electron chi connectivity index (χ0n) is 19.6. The van der Waals surface area contributed by atoms with Crippen LogP contribution in [-0.2, 0) is 21.0 Å². The number of esters is 1. The number of nitrogens with one attached hydrogen (secondary N) is 1. The Kier molecular flexibility index (Phi) is 8.19. The molecule has 1 aromatic heterocycles. The molecule has 3 N–H and O–H groups in total. The number of rotatable bonds is 10. The molecule has 10 nitrogen and oxygen atoms in total. The van der Waals surface area contributed by atoms with Crippen LogP contribution in [0.25, 0.3) is 11.1 Å². The van der Waals surface area contributed by atoms with Crippen LogP contribution in [-0.4, -0.2) is 71.7 Å². The number of nitrogens with two attached hydrogens (primary N) is 1. The Morgan fingerprint density at radius 3 is 2.63 bits per heavy atom. The Balaban J connectivity index is 1.27. The van der Waals surface area contributed by atoms with Gasteiger partial charge in [0, 0.05) is 35.6 Å². The molecule has 0 atom stereocenters. The minimum atomic E-state index is -0.681. The standard InChI is InChI=1S/C24H30FN7O3/c25-23-17(16-34-22(33)11-21(26)27)5-4-6-20(23)18-12-28-24(29-13-18)32-14-19(15-32)30-35-10-9-31-7-2-1-3-8-31/h4-6,12-13H,1-3,7-11,14-16H2,(H3,26,27). The summed E-state index contributed by atoms with van der Waals surface area (Å²) in [6, 6.07) is 4.82. The van der Waals surface area contributed by atoms with E-state index in [1.54, 1.807) is 24.5 Å². The summed E-state index contributed by atoms with van der Waals surface area (Å²) in [6.07, 6.45) is 6.65. The van der Waals surface area contributed by atoms with Crippen molar-refractivity contribution >= 4 is 23.5 Å². The van der Waals surface area contributed by atoms with Crippen LogP contribution < -0.4 is 10.6 Å². The predicted octanol–water partition coefficient (Wildman–Crippen LogP) is 2.33. The second-order valence-corrected chi connectivity index (χ2v) is 8.66. The first-order chi connectivity index (χ1) is 17.0. The summed E-state index contributed by atoms with van der Waals surface area (Å²) in [4.78, 5) is 30.2. The van der Waals surface area contributed by atoms with Gasteiger partial charge in [-0.05, 0) is 25.9 Å². The lowest BCUT2D eigenvalue weighted by atomic mass is 10.1. The highest BCUT2D eigenvalue weighted by atomic mass is 19.1. The van der Waals surface area contributed by atoms with Crippen LogP contribution in [0, 0.1) is 11.2 Å². The summed E-state index contributed by atoms with van der Waals surface area (Å²) >= 11 is 0. The molecule has 2 aliphatic rings. The number of hydrogen-bond donors (Lipinski definition) is 2. The number of ether oxygens (including phenoxy) is 1. The molecule has 2 aliphatic heterocycles. The van der Waals surface area contributed by atoms with E-state index in [1.165, 1.54) is 25.3 Å². The number of aromatic nitrogens is 2. The number of carbonyl (C=O) groups excluding carboxylic acids is 1. The van der Waals surface area contributed by atoms with Crippen molar-refractivity contribution in [2.75, 3.05) is 44.2 Å². The van der Waals surface area contributed by atoms with Gasteiger partial charge in [0.2, 0.25) is 5.95 Å². The molecule has 186 valence electrons. The molecule has 0 radical (unpaired) electrons. The summed E-state index contributed by atoms with van der Waals surface area (Å²) in [5, 5.41) is 11.3. The number of carbonyl (C=O) groups is 1. The summed E-state index contributed by atoms with van der Waals surface area (Å²) in [5.74, 6) is -0.961. The van der Waals surface area contributed by atoms with E-state index in [4.69, 9.17) is 20.7 Å². The van der Waals surface area contributed by atoms with Crippen LogP contribution in [0.2, 0.25) is 0 Å². The highest BCUT2D eigenvalue weighted by Gasteiger charge is 2.25. The number of hydrogen-bond acceptors (Lipinski definition) is 9. The van der Waals surface area contributed by atoms with E-state index < -0.39 is 11.8 Å². The summed E-state index contributed by atoms with van der Waals surface area (Å²) < 4.78 is 20.0. The molecule has 0 saturated carbocycles. The van der Waals surface area contributed by atoms with Crippen molar-refractivity contribution in [3.63, 3.8) is 0 Å². The molecule has 0 amide bonds. The Bertz CT molecular complexity index is 1060. The van der Waals surface area contributed by atoms with Crippen LogP contribution in [0.15, 0.2) is 35.7 Å². The van der Waals surface area contributed by atoms with Gasteiger partial charge in [-0.1, -0.05) is 29.8 Å². The van der Waals surface area contributed by atoms with E-state index in [9.17, 15) is 9.18 Å². The van der Waals surface area contributed by atoms with Gasteiger partial charge in [-0.3, -0.25) is 15.1 Å². The first-order valence-electron chi connectivity index (χ1n) is 11.7. The Labute approximate surface area is 203 Å². The average molecular weight is 484 g/mol. The normalized spacial score (nSPS) is 15.9. The monoisotopic (exact) mass is 483 g/mol. The number of oxime groups is 1. The number of anilines is 1. The molecule has 3 heterocycles. The van der Waals surface area contributed by atoms with Gasteiger partial charge in [-0.25, -0.2) is 14.4 Å². The van der Waals surface area contributed by atoms with E-state index in [0.29, 0.717) is 36.8 Å². The zero-order valence-corrected chi connectivity index (χ0v) is 19.6. The van der Waals surface area contributed by atoms with Crippen molar-refractivity contribution < 1.29 is 18.8 Å². The number of benzene rings is 1. The molecular weight excluding hydrogens is 453 g/mol. The first kappa shape index (κ1) is 24.5. The van der Waals surface area contributed by atoms with Crippen molar-refractivity contribution in [3.8, 4) is 11.1 Å². The lowest BCUT2D eigenvalue weighted by Crippen LogP contribution is -2.48. The first-order valence-corrected chi connectivity index (χ1v) is 11.7. The second kappa shape index (κ2) is 11.7. The van der Waals surface area contributed by atoms with Crippen LogP contribution in [0.1, 0.15) is 31.2 Å². The lowest BCUT2D eigenvalue weighted by molar-refractivity contribution is -0.143. The summed E-state index contributed by atoms with van der Waals surface area (Å²) in [7, 11) is 0. The van der Waals surface area contributed by atoms with Gasteiger partial charge in [0.05, 0.1) is 18.8 Å². The molecule has 11 heteroatoms. The fraction of sp³-hybridized carbons (Fsp3) is 0.458. The van der Waals surface area contributed by atoms with Gasteiger partial charge >= 0.3 is 5.97 Å². The number of nitrogens with zero attached hydrogens (tertiary/aromatic N) is 5. The van der Waals surface area contributed by atoms with Crippen molar-refractivity contribution in [2.45, 2.75) is 32.3 Å². The number of piperidine rings is 1. The highest BCUT2D eigenvalue weighted by molar-refractivity contribution is 5.98. The zero-order chi connectivity index (χ0) is 24.6. The number of likely N-dealkylation sites (tertiary alicyclic amines) is 1. The Morgan fingerprint density at radius 2 is 1.91 bits per heavy atom. The third kappa shape index (κ3) is 6.72. The van der Waals surface area contributed by atoms with Crippen molar-refractivity contribution in [2.24, 2.45) is 10.9 Å². The van der Waals surface area contributed by atoms with Crippen LogP contribution >= 0.6 is 0 Å². The van der Waals surface area contributed by atoms with Crippen LogP contribution in [0.5, 0.6) is 0 Å². The van der Waals surface area contributed by atoms with Gasteiger partial charge in [-0.2, -0.15) is 0 Å². The molecule has 0 unspecified atom stereocenters. The Morgan fingerprint density at radius 1 is 1.17 bits per heavy atom. The molecule has 2 aromatic rings. The van der Waals surface area contributed by atoms with E-state index >= 15 is 0 Å². The lowest BCUT2D eigenvalue weighted by Gasteiger charge is -2.32. The quantitative estimate of drug-likeness (QED) is 0.173. The van der Waals surface area contributed by atoms with Gasteiger partial charge in [-0.15, -0.1) is 0 Å². The van der Waals surface area contributed by atoms with Crippen LogP contribution in [0.3, 0.4) is 0 Å². The minimum absolute atomic E-state index is 0.215. The van der Waals surface area contributed by atoms with Gasteiger partial charge in [0.15, 0.2) is 0 Å². The maximum atomic E-state index is 15.0. The van der Waals surface area contributed by atoms with Gasteiger partial charge in [0.25, 0.3) is 0 Å². The van der Waals surface area contributed by atoms with Gasteiger partial charge < -0.3 is 20.2 Å². The minimum Gasteiger partial charge on any atom is -0.460 e. The molecule has 4 rings (SSSR count). The van der Waals surface area contributed by atoms with E-state index in [-0.39, 0.29) is 24.4 Å². The molecule has 0 bridgehead atoms. The third-order valence-corrected chi connectivity index (χ3v) is 5.92. The topological polar surface area (TPSA) is 130 Å². The maximum absolute atomic E-state index is 15.0. The molecular formula is C24H30FN7O3. The summed E-state index contributed by atoms with van der Waals surface area (Å²) in [6.45, 7) is 4.73. The van der Waals surface area contributed by atoms with Crippen LogP contribution in [0.4, 0.5) is 10.3 Å². The smallest absolute Gasteiger partial charge is 0.313 e. The molecule has 1 aromatic carbocycles. The average Bonchev–Trinajstić information content (AvgIpc) is 2.83. The SMILES string of the molecule is N=C(N)CC(=O)OCc1cccc(-c2cnc(N3CC(=NOCCN4CCCCC4)C3)nc2)c1F. The number of halogens is 1. The van der Waals surface area contributed by atoms with Crippen molar-refractivity contribution in [1.82, 2.24) is 14.9 Å². The molecule has 2 fully saturated rings. The number of amidine groups is 1. The predicted molar refractivity (Wildman–Crippen MR) is 130 cm³/mol. The summed E-state index contributed by atoms with van der Waals surface area (Å²) in [5.41, 5.74) is 7.15. The third-order valence-electron chi connectivity index (χ3n) is 5.92. The molecule has 35 heavy (non-hydrogen) atoms. The maximum Gasteiger partial charge on any atom is 0.313 e. The van der Waals surface area contributed by atoms with E-state index in [0.717, 1.165) is 25.3 Å². The van der Waals surface area contributed by atoms with E-state index in [1.807, 2.05) is 4.90 Å². The van der Waals surface area contributed by atoms with E-state index in [2.05, 4.69) is 20.0 Å². The van der Waals surface area contributed by atoms with Gasteiger partial charge in [0.1, 0.15) is 31.3 Å². The fourth-order valence-electron chi connectivity index (χ4n) is 3.99. The second-order valence-electron chi connectivity index (χ2n) is 8.66. The van der Waals surface area contributed by atoms with Crippen molar-refractivity contribution in [3.05, 3.63) is 42.0 Å². The largest absolute Gasteiger partial charge is 0.460 e. The Hall–Kier alpha value is -3.60. The molecule has 0 aliphatic carbocycles. The molecule has 2 saturated heterocycles. The fourth-order valence-corrected chi connectivity index (χ4v) is 3.99. The van der Waals surface area contributed by atoms with Crippen molar-refractivity contribution in [1.29, 1.82) is 5.41 Å².